The Hall–Kier alpha value is -2.44. The summed E-state index contributed by atoms with van der Waals surface area (Å²) in [5, 5.41) is 2.82. The van der Waals surface area contributed by atoms with Gasteiger partial charge in [0.1, 0.15) is 30.0 Å². The molecular formula is C24H41N6O7P. The third-order valence-corrected chi connectivity index (χ3v) is 7.23. The van der Waals surface area contributed by atoms with Crippen molar-refractivity contribution in [1.82, 2.24) is 24.6 Å². The average molecular weight is 557 g/mol. The molecule has 0 radical (unpaired) electrons. The molecule has 0 aliphatic rings. The Morgan fingerprint density at radius 2 is 1.79 bits per heavy atom. The molecule has 3 N–H and O–H groups in total. The molecule has 0 aliphatic carbocycles. The first-order valence-electron chi connectivity index (χ1n) is 12.4. The Balaban J connectivity index is 2.19. The molecule has 0 saturated heterocycles. The van der Waals surface area contributed by atoms with Gasteiger partial charge in [-0.1, -0.05) is 0 Å². The molecule has 0 spiro atoms. The van der Waals surface area contributed by atoms with Crippen LogP contribution >= 0.6 is 7.52 Å². The molecule has 0 fully saturated rings. The molecule has 2 aromatic rings. The number of aldehydes is 1. The SMILES string of the molecule is CC(C)OCC(C)(C=O)N[P@@](=O)(CO[C@H](C)Cn1cnc2c(N)ncnc21)OCC(C)(C)C(=O)OC(C)C. The highest BCUT2D eigenvalue weighted by Crippen LogP contribution is 2.46. The van der Waals surface area contributed by atoms with Crippen molar-refractivity contribution in [2.75, 3.05) is 25.3 Å². The number of nitrogens with one attached hydrogen (secondary N) is 1. The van der Waals surface area contributed by atoms with E-state index in [1.807, 2.05) is 13.8 Å². The van der Waals surface area contributed by atoms with Gasteiger partial charge in [0.05, 0.1) is 49.8 Å². The van der Waals surface area contributed by atoms with E-state index in [0.29, 0.717) is 24.0 Å². The van der Waals surface area contributed by atoms with Crippen molar-refractivity contribution in [3.8, 4) is 0 Å². The van der Waals surface area contributed by atoms with Crippen molar-refractivity contribution in [2.24, 2.45) is 5.41 Å². The highest BCUT2D eigenvalue weighted by molar-refractivity contribution is 7.56. The zero-order chi connectivity index (χ0) is 28.7. The van der Waals surface area contributed by atoms with Gasteiger partial charge in [-0.25, -0.2) is 20.0 Å². The highest BCUT2D eigenvalue weighted by Gasteiger charge is 2.39. The maximum atomic E-state index is 14.0. The van der Waals surface area contributed by atoms with Crippen molar-refractivity contribution < 1.29 is 32.9 Å². The van der Waals surface area contributed by atoms with Crippen LogP contribution in [0.15, 0.2) is 12.7 Å². The molecular weight excluding hydrogens is 515 g/mol. The van der Waals surface area contributed by atoms with Crippen LogP contribution in [-0.2, 0) is 39.4 Å². The predicted molar refractivity (Wildman–Crippen MR) is 142 cm³/mol. The van der Waals surface area contributed by atoms with Crippen LogP contribution < -0.4 is 10.8 Å². The van der Waals surface area contributed by atoms with Gasteiger partial charge in [0.25, 0.3) is 7.52 Å². The summed E-state index contributed by atoms with van der Waals surface area (Å²) in [5.74, 6) is -0.234. The smallest absolute Gasteiger partial charge is 0.314 e. The summed E-state index contributed by atoms with van der Waals surface area (Å²) in [4.78, 5) is 36.9. The first-order chi connectivity index (χ1) is 17.6. The number of rotatable bonds is 16. The average Bonchev–Trinajstić information content (AvgIpc) is 3.24. The first kappa shape index (κ1) is 31.8. The van der Waals surface area contributed by atoms with E-state index in [0.717, 1.165) is 0 Å². The fraction of sp³-hybridized carbons (Fsp3) is 0.708. The summed E-state index contributed by atoms with van der Waals surface area (Å²) in [6, 6.07) is 0. The van der Waals surface area contributed by atoms with Gasteiger partial charge < -0.3 is 33.8 Å². The summed E-state index contributed by atoms with van der Waals surface area (Å²) in [6.45, 7) is 13.8. The monoisotopic (exact) mass is 556 g/mol. The molecule has 0 aliphatic heterocycles. The van der Waals surface area contributed by atoms with Gasteiger partial charge in [-0.05, 0) is 55.4 Å². The lowest BCUT2D eigenvalue weighted by Crippen LogP contribution is -2.48. The van der Waals surface area contributed by atoms with E-state index in [9.17, 15) is 14.2 Å². The van der Waals surface area contributed by atoms with Gasteiger partial charge in [-0.15, -0.1) is 0 Å². The van der Waals surface area contributed by atoms with E-state index < -0.39 is 30.5 Å². The maximum Gasteiger partial charge on any atom is 0.314 e. The number of hydrogen-bond donors (Lipinski definition) is 2. The topological polar surface area (TPSA) is 170 Å². The van der Waals surface area contributed by atoms with E-state index in [-0.39, 0.29) is 37.6 Å². The number of anilines is 1. The third kappa shape index (κ3) is 9.09. The zero-order valence-corrected chi connectivity index (χ0v) is 24.4. The molecule has 14 heteroatoms. The number of nitrogens with zero attached hydrogens (tertiary/aromatic N) is 4. The van der Waals surface area contributed by atoms with Crippen LogP contribution in [0.1, 0.15) is 55.4 Å². The molecule has 1 unspecified atom stereocenters. The number of fused-ring (bicyclic) bond motifs is 1. The van der Waals surface area contributed by atoms with Gasteiger partial charge in [0.15, 0.2) is 11.5 Å². The number of ether oxygens (including phenoxy) is 3. The standard InChI is InChI=1S/C24H41N6O7P/c1-16(2)34-12-24(8,10-31)29-38(33,36-11-23(6,7)22(32)37-17(3)4)15-35-18(5)9-30-14-28-19-20(25)26-13-27-21(19)30/h10,13-14,16-18H,9,11-12,15H2,1-8H3,(H,29,33)(H2,25,26,27)/t18-,24?,38-/m1/s1. The highest BCUT2D eigenvalue weighted by atomic mass is 31.2. The van der Waals surface area contributed by atoms with Crippen LogP contribution in [0.2, 0.25) is 0 Å². The molecule has 0 aromatic carbocycles. The lowest BCUT2D eigenvalue weighted by Gasteiger charge is -2.33. The maximum absolute atomic E-state index is 14.0. The van der Waals surface area contributed by atoms with Crippen LogP contribution in [0.25, 0.3) is 11.2 Å². The Kier molecular flexibility index (Phi) is 10.9. The molecule has 38 heavy (non-hydrogen) atoms. The number of esters is 1. The number of nitrogens with two attached hydrogens (primary N) is 1. The van der Waals surface area contributed by atoms with E-state index in [1.165, 1.54) is 6.33 Å². The minimum absolute atomic E-state index is 0.0436. The molecule has 2 heterocycles. The Bertz CT molecular complexity index is 1140. The van der Waals surface area contributed by atoms with Crippen molar-refractivity contribution >= 4 is 36.8 Å². The van der Waals surface area contributed by atoms with Crippen LogP contribution in [0.4, 0.5) is 5.82 Å². The summed E-state index contributed by atoms with van der Waals surface area (Å²) >= 11 is 0. The predicted octanol–water partition coefficient (Wildman–Crippen LogP) is 2.93. The summed E-state index contributed by atoms with van der Waals surface area (Å²) in [6.07, 6.45) is 2.23. The number of nitrogen functional groups attached to an aromatic ring is 1. The fourth-order valence-electron chi connectivity index (χ4n) is 3.21. The lowest BCUT2D eigenvalue weighted by atomic mass is 9.95. The largest absolute Gasteiger partial charge is 0.462 e. The van der Waals surface area contributed by atoms with Gasteiger partial charge in [-0.3, -0.25) is 9.36 Å². The Morgan fingerprint density at radius 3 is 2.39 bits per heavy atom. The van der Waals surface area contributed by atoms with E-state index in [4.69, 9.17) is 24.5 Å². The van der Waals surface area contributed by atoms with Gasteiger partial charge in [0.2, 0.25) is 0 Å². The van der Waals surface area contributed by atoms with Crippen molar-refractivity contribution in [3.63, 3.8) is 0 Å². The van der Waals surface area contributed by atoms with Crippen LogP contribution in [-0.4, -0.2) is 75.2 Å². The molecule has 214 valence electrons. The zero-order valence-electron chi connectivity index (χ0n) is 23.5. The second-order valence-corrected chi connectivity index (χ2v) is 12.8. The molecule has 0 saturated carbocycles. The first-order valence-corrected chi connectivity index (χ1v) is 14.3. The van der Waals surface area contributed by atoms with E-state index in [2.05, 4.69) is 20.0 Å². The minimum Gasteiger partial charge on any atom is -0.462 e. The van der Waals surface area contributed by atoms with Gasteiger partial charge in [0, 0.05) is 0 Å². The summed E-state index contributed by atoms with van der Waals surface area (Å²) < 4.78 is 38.4. The lowest BCUT2D eigenvalue weighted by molar-refractivity contribution is -0.159. The van der Waals surface area contributed by atoms with Crippen molar-refractivity contribution in [2.45, 2.75) is 85.8 Å². The van der Waals surface area contributed by atoms with E-state index >= 15 is 0 Å². The van der Waals surface area contributed by atoms with Gasteiger partial charge >= 0.3 is 5.97 Å². The number of carbonyl (C=O) groups excluding carboxylic acids is 2. The number of carbonyl (C=O) groups is 2. The molecule has 0 amide bonds. The Morgan fingerprint density at radius 1 is 1.11 bits per heavy atom. The second kappa shape index (κ2) is 13.1. The van der Waals surface area contributed by atoms with E-state index in [1.54, 1.807) is 52.4 Å². The number of aromatic nitrogens is 4. The summed E-state index contributed by atoms with van der Waals surface area (Å²) in [5.41, 5.74) is 4.43. The normalized spacial score (nSPS) is 16.4. The fourth-order valence-corrected chi connectivity index (χ4v) is 5.29. The summed E-state index contributed by atoms with van der Waals surface area (Å²) in [7, 11) is -3.85. The third-order valence-electron chi connectivity index (χ3n) is 5.34. The van der Waals surface area contributed by atoms with Crippen LogP contribution in [0.5, 0.6) is 0 Å². The van der Waals surface area contributed by atoms with Crippen LogP contribution in [0.3, 0.4) is 0 Å². The van der Waals surface area contributed by atoms with Gasteiger partial charge in [-0.2, -0.15) is 0 Å². The molecule has 13 nitrogen and oxygen atoms in total. The van der Waals surface area contributed by atoms with Crippen molar-refractivity contribution in [1.29, 1.82) is 0 Å². The van der Waals surface area contributed by atoms with Crippen molar-refractivity contribution in [3.05, 3.63) is 12.7 Å². The molecule has 0 bridgehead atoms. The minimum atomic E-state index is -3.85. The quantitative estimate of drug-likeness (QED) is 0.176. The number of imidazole rings is 1. The Labute approximate surface area is 223 Å². The number of hydrogen-bond acceptors (Lipinski definition) is 11. The molecule has 3 atom stereocenters. The molecule has 2 rings (SSSR count). The van der Waals surface area contributed by atoms with Crippen LogP contribution in [0, 0.1) is 5.41 Å². The molecule has 2 aromatic heterocycles. The second-order valence-electron chi connectivity index (χ2n) is 10.7.